The summed E-state index contributed by atoms with van der Waals surface area (Å²) in [6, 6.07) is 4.83. The fourth-order valence-corrected chi connectivity index (χ4v) is 1.54. The summed E-state index contributed by atoms with van der Waals surface area (Å²) in [5.74, 6) is 0.196. The van der Waals surface area contributed by atoms with Crippen molar-refractivity contribution < 1.29 is 22.6 Å². The molecule has 1 aromatic rings. The average molecular weight is 232 g/mol. The topological polar surface area (TPSA) is 18.5 Å². The zero-order valence-corrected chi connectivity index (χ0v) is 8.46. The molecule has 1 aliphatic rings. The summed E-state index contributed by atoms with van der Waals surface area (Å²) in [6.07, 6.45) is -3.15. The Morgan fingerprint density at radius 1 is 1.31 bits per heavy atom. The predicted octanol–water partition coefficient (Wildman–Crippen LogP) is 3.22. The molecule has 1 fully saturated rings. The molecular weight excluding hydrogens is 221 g/mol. The minimum atomic E-state index is -4.34. The summed E-state index contributed by atoms with van der Waals surface area (Å²) in [4.78, 5) is 0. The first kappa shape index (κ1) is 11.3. The number of benzene rings is 1. The van der Waals surface area contributed by atoms with Crippen molar-refractivity contribution >= 4 is 0 Å². The van der Waals surface area contributed by atoms with E-state index in [0.29, 0.717) is 6.61 Å². The highest BCUT2D eigenvalue weighted by atomic mass is 19.4. The van der Waals surface area contributed by atoms with Crippen molar-refractivity contribution in [1.29, 1.82) is 0 Å². The molecule has 0 saturated carbocycles. The summed E-state index contributed by atoms with van der Waals surface area (Å²) in [5.41, 5.74) is -0.706. The lowest BCUT2D eigenvalue weighted by Gasteiger charge is -2.14. The molecule has 1 aromatic carbocycles. The van der Waals surface area contributed by atoms with Crippen LogP contribution >= 0.6 is 0 Å². The Morgan fingerprint density at radius 2 is 2.12 bits per heavy atom. The molecule has 2 rings (SSSR count). The monoisotopic (exact) mass is 232 g/mol. The van der Waals surface area contributed by atoms with Crippen LogP contribution in [0, 0.1) is 0 Å². The zero-order valence-electron chi connectivity index (χ0n) is 8.46. The molecule has 0 aromatic heterocycles. The molecule has 1 aliphatic heterocycles. The Balaban J connectivity index is 2.09. The molecule has 0 aliphatic carbocycles. The lowest BCUT2D eigenvalue weighted by Crippen LogP contribution is -2.14. The van der Waals surface area contributed by atoms with E-state index in [0.717, 1.165) is 25.0 Å². The van der Waals surface area contributed by atoms with E-state index in [-0.39, 0.29) is 5.75 Å². The van der Waals surface area contributed by atoms with Crippen LogP contribution in [0.25, 0.3) is 0 Å². The van der Waals surface area contributed by atoms with Gasteiger partial charge in [-0.15, -0.1) is 0 Å². The molecule has 1 saturated heterocycles. The van der Waals surface area contributed by atoms with Crippen LogP contribution in [0.2, 0.25) is 0 Å². The number of hydrogen-bond donors (Lipinski definition) is 0. The standard InChI is InChI=1S/C11H11F3O2/c12-11(13,14)8-3-1-4-9(7-8)16-10-5-2-6-15-10/h1,3-4,7,10H,2,5-6H2. The second-order valence-electron chi connectivity index (χ2n) is 3.59. The summed E-state index contributed by atoms with van der Waals surface area (Å²) < 4.78 is 47.7. The highest BCUT2D eigenvalue weighted by molar-refractivity contribution is 5.30. The predicted molar refractivity (Wildman–Crippen MR) is 51.0 cm³/mol. The molecule has 1 heterocycles. The highest BCUT2D eigenvalue weighted by Gasteiger charge is 2.30. The molecule has 0 bridgehead atoms. The fourth-order valence-electron chi connectivity index (χ4n) is 1.54. The van der Waals surface area contributed by atoms with Gasteiger partial charge in [-0.25, -0.2) is 0 Å². The number of hydrogen-bond acceptors (Lipinski definition) is 2. The molecule has 16 heavy (non-hydrogen) atoms. The van der Waals surface area contributed by atoms with Crippen molar-refractivity contribution in [3.05, 3.63) is 29.8 Å². The lowest BCUT2D eigenvalue weighted by atomic mass is 10.2. The molecule has 1 atom stereocenters. The normalized spacial score (nSPS) is 21.1. The van der Waals surface area contributed by atoms with E-state index in [1.807, 2.05) is 0 Å². The minimum absolute atomic E-state index is 0.196. The molecule has 88 valence electrons. The zero-order chi connectivity index (χ0) is 11.6. The van der Waals surface area contributed by atoms with E-state index in [1.54, 1.807) is 0 Å². The average Bonchev–Trinajstić information content (AvgIpc) is 2.70. The Kier molecular flexibility index (Phi) is 3.05. The Bertz CT molecular complexity index is 356. The summed E-state index contributed by atoms with van der Waals surface area (Å²) >= 11 is 0. The van der Waals surface area contributed by atoms with Gasteiger partial charge in [0.05, 0.1) is 12.2 Å². The summed E-state index contributed by atoms with van der Waals surface area (Å²) in [6.45, 7) is 0.601. The Morgan fingerprint density at radius 3 is 2.75 bits per heavy atom. The number of rotatable bonds is 2. The van der Waals surface area contributed by atoms with Gasteiger partial charge >= 0.3 is 6.18 Å². The first-order chi connectivity index (χ1) is 7.55. The first-order valence-electron chi connectivity index (χ1n) is 5.01. The number of halogens is 3. The van der Waals surface area contributed by atoms with Gasteiger partial charge in [0.1, 0.15) is 5.75 Å². The minimum Gasteiger partial charge on any atom is -0.465 e. The van der Waals surface area contributed by atoms with Crippen LogP contribution in [0.15, 0.2) is 24.3 Å². The maximum atomic E-state index is 12.4. The number of ether oxygens (including phenoxy) is 2. The molecular formula is C11H11F3O2. The van der Waals surface area contributed by atoms with Gasteiger partial charge < -0.3 is 9.47 Å². The smallest absolute Gasteiger partial charge is 0.416 e. The maximum Gasteiger partial charge on any atom is 0.416 e. The van der Waals surface area contributed by atoms with Crippen molar-refractivity contribution in [2.75, 3.05) is 6.61 Å². The van der Waals surface area contributed by atoms with Gasteiger partial charge in [0.2, 0.25) is 0 Å². The van der Waals surface area contributed by atoms with Crippen LogP contribution in [0.4, 0.5) is 13.2 Å². The van der Waals surface area contributed by atoms with Crippen LogP contribution in [0.5, 0.6) is 5.75 Å². The van der Waals surface area contributed by atoms with E-state index in [9.17, 15) is 13.2 Å². The molecule has 2 nitrogen and oxygen atoms in total. The van der Waals surface area contributed by atoms with E-state index >= 15 is 0 Å². The molecule has 0 N–H and O–H groups in total. The maximum absolute atomic E-state index is 12.4. The Labute approximate surface area is 91.0 Å². The van der Waals surface area contributed by atoms with Gasteiger partial charge in [0.25, 0.3) is 0 Å². The van der Waals surface area contributed by atoms with Crippen LogP contribution in [-0.4, -0.2) is 12.9 Å². The van der Waals surface area contributed by atoms with Crippen LogP contribution in [0.3, 0.4) is 0 Å². The lowest BCUT2D eigenvalue weighted by molar-refractivity contribution is -0.137. The van der Waals surface area contributed by atoms with Gasteiger partial charge in [0, 0.05) is 6.42 Å². The van der Waals surface area contributed by atoms with Gasteiger partial charge in [-0.2, -0.15) is 13.2 Å². The van der Waals surface area contributed by atoms with Crippen LogP contribution in [-0.2, 0) is 10.9 Å². The van der Waals surface area contributed by atoms with E-state index in [1.165, 1.54) is 12.1 Å². The second-order valence-corrected chi connectivity index (χ2v) is 3.59. The molecule has 0 radical (unpaired) electrons. The number of alkyl halides is 3. The van der Waals surface area contributed by atoms with Crippen molar-refractivity contribution in [3.63, 3.8) is 0 Å². The third-order valence-corrected chi connectivity index (χ3v) is 2.32. The third-order valence-electron chi connectivity index (χ3n) is 2.32. The SMILES string of the molecule is FC(F)(F)c1cccc(OC2CCCO2)c1. The van der Waals surface area contributed by atoms with Crippen LogP contribution in [0.1, 0.15) is 18.4 Å². The third kappa shape index (κ3) is 2.66. The molecule has 1 unspecified atom stereocenters. The molecule has 0 spiro atoms. The van der Waals surface area contributed by atoms with Crippen molar-refractivity contribution in [2.45, 2.75) is 25.3 Å². The fraction of sp³-hybridized carbons (Fsp3) is 0.455. The van der Waals surface area contributed by atoms with Gasteiger partial charge in [-0.1, -0.05) is 6.07 Å². The second kappa shape index (κ2) is 4.33. The van der Waals surface area contributed by atoms with Crippen molar-refractivity contribution in [3.8, 4) is 5.75 Å². The Hall–Kier alpha value is -1.23. The highest BCUT2D eigenvalue weighted by Crippen LogP contribution is 2.31. The van der Waals surface area contributed by atoms with E-state index in [2.05, 4.69) is 0 Å². The quantitative estimate of drug-likeness (QED) is 0.779. The van der Waals surface area contributed by atoms with Crippen molar-refractivity contribution in [1.82, 2.24) is 0 Å². The first-order valence-corrected chi connectivity index (χ1v) is 5.01. The molecule has 0 amide bonds. The van der Waals surface area contributed by atoms with Gasteiger partial charge in [-0.05, 0) is 24.6 Å². The van der Waals surface area contributed by atoms with Gasteiger partial charge in [-0.3, -0.25) is 0 Å². The summed E-state index contributed by atoms with van der Waals surface area (Å²) in [5, 5.41) is 0. The summed E-state index contributed by atoms with van der Waals surface area (Å²) in [7, 11) is 0. The van der Waals surface area contributed by atoms with E-state index < -0.39 is 18.0 Å². The van der Waals surface area contributed by atoms with E-state index in [4.69, 9.17) is 9.47 Å². The van der Waals surface area contributed by atoms with Crippen molar-refractivity contribution in [2.24, 2.45) is 0 Å². The van der Waals surface area contributed by atoms with Crippen LogP contribution < -0.4 is 4.74 Å². The molecule has 5 heteroatoms. The largest absolute Gasteiger partial charge is 0.465 e. The van der Waals surface area contributed by atoms with Gasteiger partial charge in [0.15, 0.2) is 6.29 Å².